The Kier molecular flexibility index (Phi) is 4.30. The van der Waals surface area contributed by atoms with E-state index in [9.17, 15) is 14.4 Å². The van der Waals surface area contributed by atoms with Crippen molar-refractivity contribution in [2.24, 2.45) is 11.8 Å². The highest BCUT2D eigenvalue weighted by Crippen LogP contribution is 2.49. The molecule has 8 nitrogen and oxygen atoms in total. The van der Waals surface area contributed by atoms with Gasteiger partial charge in [0, 0.05) is 5.69 Å². The summed E-state index contributed by atoms with van der Waals surface area (Å²) in [5.74, 6) is -2.57. The highest BCUT2D eigenvalue weighted by Gasteiger charge is 2.64. The number of anilines is 2. The van der Waals surface area contributed by atoms with Gasteiger partial charge in [-0.1, -0.05) is 65.4 Å². The molecule has 3 aliphatic heterocycles. The van der Waals surface area contributed by atoms with Gasteiger partial charge in [-0.15, -0.1) is 5.10 Å². The summed E-state index contributed by atoms with van der Waals surface area (Å²) in [6.45, 7) is 1.95. The van der Waals surface area contributed by atoms with Crippen molar-refractivity contribution in [1.29, 1.82) is 0 Å². The van der Waals surface area contributed by atoms with Crippen molar-refractivity contribution >= 4 is 46.2 Å². The summed E-state index contributed by atoms with van der Waals surface area (Å²) in [5, 5.41) is 8.29. The van der Waals surface area contributed by atoms with Gasteiger partial charge in [0.1, 0.15) is 11.6 Å². The number of nitrogens with zero attached hydrogens (tertiary/aromatic N) is 5. The molecule has 4 atom stereocenters. The lowest BCUT2D eigenvalue weighted by Gasteiger charge is -2.36. The van der Waals surface area contributed by atoms with E-state index < -0.39 is 23.9 Å². The number of para-hydroxylation sites is 2. The van der Waals surface area contributed by atoms with Gasteiger partial charge >= 0.3 is 0 Å². The van der Waals surface area contributed by atoms with Crippen LogP contribution in [0, 0.1) is 18.8 Å². The zero-order valence-corrected chi connectivity index (χ0v) is 19.4. The second kappa shape index (κ2) is 7.45. The summed E-state index contributed by atoms with van der Waals surface area (Å²) in [6.07, 6.45) is 3.91. The number of hydrogen-bond acceptors (Lipinski definition) is 6. The zero-order chi connectivity index (χ0) is 24.6. The first-order valence-corrected chi connectivity index (χ1v) is 11.9. The highest BCUT2D eigenvalue weighted by atomic mass is 16.2. The van der Waals surface area contributed by atoms with Crippen molar-refractivity contribution < 1.29 is 14.4 Å². The fraction of sp³-hybridized carbons (Fsp3) is 0.179. The minimum atomic E-state index is -0.914. The standard InChI is InChI=1S/C28H21N5O3/c1-16-10-13-18(14-11-16)31-26(34)23-22-15-12-17-6-2-4-8-20(17)32(22)25(24(23)27(31)35)28(36)33-21-9-5-3-7-19(21)29-30-33/h2-15,22-25H,1H3/t22-,23-,24-,25-/m0/s1. The van der Waals surface area contributed by atoms with E-state index in [4.69, 9.17) is 0 Å². The molecule has 4 heterocycles. The Bertz CT molecular complexity index is 1600. The third kappa shape index (κ3) is 2.72. The van der Waals surface area contributed by atoms with E-state index in [1.54, 1.807) is 24.3 Å². The number of carbonyl (C=O) groups excluding carboxylic acids is 3. The smallest absolute Gasteiger partial charge is 0.272 e. The van der Waals surface area contributed by atoms with E-state index in [-0.39, 0.29) is 17.7 Å². The van der Waals surface area contributed by atoms with Crippen molar-refractivity contribution in [3.05, 3.63) is 90.0 Å². The van der Waals surface area contributed by atoms with Crippen LogP contribution in [0.15, 0.2) is 78.9 Å². The molecular weight excluding hydrogens is 454 g/mol. The Labute approximate surface area is 206 Å². The molecule has 1 aromatic heterocycles. The van der Waals surface area contributed by atoms with Gasteiger partial charge in [-0.25, -0.2) is 4.90 Å². The Morgan fingerprint density at radius 3 is 2.42 bits per heavy atom. The molecule has 0 bridgehead atoms. The quantitative estimate of drug-likeness (QED) is 0.413. The molecule has 2 amide bonds. The number of hydrogen-bond donors (Lipinski definition) is 0. The largest absolute Gasteiger partial charge is 0.351 e. The predicted octanol–water partition coefficient (Wildman–Crippen LogP) is 3.47. The van der Waals surface area contributed by atoms with Gasteiger partial charge in [-0.05, 0) is 42.8 Å². The molecule has 0 saturated carbocycles. The second-order valence-corrected chi connectivity index (χ2v) is 9.49. The monoisotopic (exact) mass is 475 g/mol. The zero-order valence-electron chi connectivity index (χ0n) is 19.4. The third-order valence-electron chi connectivity index (χ3n) is 7.52. The molecule has 4 aromatic rings. The number of fused-ring (bicyclic) bond motifs is 6. The molecule has 176 valence electrons. The molecule has 3 aliphatic rings. The maximum atomic E-state index is 14.2. The molecule has 8 heteroatoms. The van der Waals surface area contributed by atoms with Crippen molar-refractivity contribution in [1.82, 2.24) is 15.0 Å². The summed E-state index contributed by atoms with van der Waals surface area (Å²) >= 11 is 0. The van der Waals surface area contributed by atoms with E-state index in [0.29, 0.717) is 16.7 Å². The van der Waals surface area contributed by atoms with Crippen LogP contribution in [-0.2, 0) is 9.59 Å². The molecule has 3 aromatic carbocycles. The normalized spacial score (nSPS) is 24.2. The van der Waals surface area contributed by atoms with Gasteiger partial charge in [0.25, 0.3) is 5.91 Å². The number of aryl methyl sites for hydroxylation is 1. The Balaban J connectivity index is 1.39. The fourth-order valence-electron chi connectivity index (χ4n) is 5.90. The van der Waals surface area contributed by atoms with Crippen molar-refractivity contribution in [3.8, 4) is 0 Å². The molecule has 2 fully saturated rings. The Morgan fingerprint density at radius 2 is 1.58 bits per heavy atom. The van der Waals surface area contributed by atoms with Crippen LogP contribution in [0.4, 0.5) is 11.4 Å². The first kappa shape index (κ1) is 20.8. The molecule has 0 spiro atoms. The third-order valence-corrected chi connectivity index (χ3v) is 7.52. The number of rotatable bonds is 2. The van der Waals surface area contributed by atoms with Gasteiger partial charge in [0.05, 0.1) is 29.1 Å². The number of imide groups is 1. The second-order valence-electron chi connectivity index (χ2n) is 9.49. The van der Waals surface area contributed by atoms with Crippen LogP contribution >= 0.6 is 0 Å². The van der Waals surface area contributed by atoms with Crippen LogP contribution in [0.3, 0.4) is 0 Å². The van der Waals surface area contributed by atoms with Gasteiger partial charge in [-0.2, -0.15) is 4.68 Å². The summed E-state index contributed by atoms with van der Waals surface area (Å²) in [6, 6.07) is 20.9. The fourth-order valence-corrected chi connectivity index (χ4v) is 5.90. The first-order chi connectivity index (χ1) is 17.5. The summed E-state index contributed by atoms with van der Waals surface area (Å²) < 4.78 is 1.27. The summed E-state index contributed by atoms with van der Waals surface area (Å²) in [7, 11) is 0. The van der Waals surface area contributed by atoms with Crippen molar-refractivity contribution in [2.75, 3.05) is 9.80 Å². The summed E-state index contributed by atoms with van der Waals surface area (Å²) in [5.41, 5.74) is 4.47. The molecule has 7 rings (SSSR count). The maximum Gasteiger partial charge on any atom is 0.272 e. The van der Waals surface area contributed by atoms with Crippen LogP contribution in [0.25, 0.3) is 17.1 Å². The topological polar surface area (TPSA) is 88.4 Å². The van der Waals surface area contributed by atoms with E-state index in [2.05, 4.69) is 10.3 Å². The molecular formula is C28H21N5O3. The van der Waals surface area contributed by atoms with Gasteiger partial charge < -0.3 is 4.90 Å². The van der Waals surface area contributed by atoms with Crippen LogP contribution in [0.2, 0.25) is 0 Å². The summed E-state index contributed by atoms with van der Waals surface area (Å²) in [4.78, 5) is 45.1. The van der Waals surface area contributed by atoms with Crippen LogP contribution in [0.5, 0.6) is 0 Å². The van der Waals surface area contributed by atoms with Crippen LogP contribution < -0.4 is 9.80 Å². The lowest BCUT2D eigenvalue weighted by Crippen LogP contribution is -2.50. The lowest BCUT2D eigenvalue weighted by molar-refractivity contribution is -0.122. The number of aromatic nitrogens is 3. The SMILES string of the molecule is Cc1ccc(N2C(=O)[C@@H]3[C@H](C2=O)[C@@H](C(=O)n2nnc4ccccc42)N2c4ccccc4C=C[C@@H]32)cc1. The van der Waals surface area contributed by atoms with E-state index in [0.717, 1.165) is 16.8 Å². The average molecular weight is 476 g/mol. The molecule has 0 unspecified atom stereocenters. The highest BCUT2D eigenvalue weighted by molar-refractivity contribution is 6.25. The van der Waals surface area contributed by atoms with Gasteiger partial charge in [0.2, 0.25) is 11.8 Å². The van der Waals surface area contributed by atoms with Crippen molar-refractivity contribution in [3.63, 3.8) is 0 Å². The van der Waals surface area contributed by atoms with Gasteiger partial charge in [0.15, 0.2) is 0 Å². The molecule has 0 N–H and O–H groups in total. The number of carbonyl (C=O) groups is 3. The minimum Gasteiger partial charge on any atom is -0.351 e. The number of amides is 2. The van der Waals surface area contributed by atoms with Crippen molar-refractivity contribution in [2.45, 2.75) is 19.0 Å². The Hall–Kier alpha value is -4.59. The lowest BCUT2D eigenvalue weighted by atomic mass is 9.88. The Morgan fingerprint density at radius 1 is 0.861 bits per heavy atom. The van der Waals surface area contributed by atoms with Gasteiger partial charge in [-0.3, -0.25) is 14.4 Å². The van der Waals surface area contributed by atoms with E-state index in [1.807, 2.05) is 72.5 Å². The minimum absolute atomic E-state index is 0.286. The number of benzene rings is 3. The van der Waals surface area contributed by atoms with E-state index in [1.165, 1.54) is 9.58 Å². The molecule has 0 radical (unpaired) electrons. The molecule has 0 aliphatic carbocycles. The van der Waals surface area contributed by atoms with Crippen LogP contribution in [-0.4, -0.2) is 44.8 Å². The molecule has 36 heavy (non-hydrogen) atoms. The molecule has 2 saturated heterocycles. The first-order valence-electron chi connectivity index (χ1n) is 11.9. The predicted molar refractivity (Wildman–Crippen MR) is 134 cm³/mol. The average Bonchev–Trinajstić information content (AvgIpc) is 3.56. The van der Waals surface area contributed by atoms with Crippen LogP contribution in [0.1, 0.15) is 15.9 Å². The maximum absolute atomic E-state index is 14.2. The van der Waals surface area contributed by atoms with E-state index >= 15 is 0 Å².